The van der Waals surface area contributed by atoms with Gasteiger partial charge < -0.3 is 30.4 Å². The Morgan fingerprint density at radius 2 is 1.71 bits per heavy atom. The van der Waals surface area contributed by atoms with E-state index in [1.807, 2.05) is 60.7 Å². The molecule has 4 N–H and O–H groups in total. The van der Waals surface area contributed by atoms with E-state index in [1.54, 1.807) is 0 Å². The third kappa shape index (κ3) is 7.37. The molecule has 11 heteroatoms. The van der Waals surface area contributed by atoms with E-state index in [4.69, 9.17) is 14.5 Å². The number of amides is 2. The molecule has 1 fully saturated rings. The summed E-state index contributed by atoms with van der Waals surface area (Å²) in [6, 6.07) is 21.8. The summed E-state index contributed by atoms with van der Waals surface area (Å²) in [5.41, 5.74) is 6.45. The van der Waals surface area contributed by atoms with Crippen LogP contribution in [-0.2, 0) is 20.7 Å². The zero-order valence-corrected chi connectivity index (χ0v) is 27.1. The molecule has 0 aliphatic carbocycles. The summed E-state index contributed by atoms with van der Waals surface area (Å²) in [6.07, 6.45) is 2.40. The minimum absolute atomic E-state index is 0.0943. The van der Waals surface area contributed by atoms with Crippen molar-refractivity contribution in [1.82, 2.24) is 25.6 Å². The molecular formula is C37H39FN6O4. The van der Waals surface area contributed by atoms with Gasteiger partial charge in [0.15, 0.2) is 0 Å². The van der Waals surface area contributed by atoms with Crippen molar-refractivity contribution in [3.05, 3.63) is 125 Å². The van der Waals surface area contributed by atoms with Gasteiger partial charge in [-0.1, -0.05) is 60.7 Å². The minimum atomic E-state index is -1.09. The quantitative estimate of drug-likeness (QED) is 0.149. The molecule has 3 heterocycles. The Bertz CT molecular complexity index is 1800. The molecule has 6 rings (SSSR count). The fourth-order valence-electron chi connectivity index (χ4n) is 6.16. The number of carbonyl (C=O) groups is 2. The van der Waals surface area contributed by atoms with Gasteiger partial charge in [0.1, 0.15) is 17.7 Å². The standard InChI is InChI=1S/C37H39FN6O4/c1-22-16-29-30(17-23(22)2)42-35(41-29)32-21-48-26(18-40-32)14-15-27-28(38)19-39-20-31(27)43-36(45)34(44-37(46)47-3)33(24-10-6-4-7-11-24)25-12-8-5-9-13-25/h4-13,16-17,19-20,26,32-34,40H,14-15,18,21H2,1-3H3,(H,41,42)(H,43,45)(H,44,46)/t26-,32+,34+/m1/s1. The first-order valence-corrected chi connectivity index (χ1v) is 16.0. The third-order valence-corrected chi connectivity index (χ3v) is 8.91. The van der Waals surface area contributed by atoms with Crippen LogP contribution in [0.25, 0.3) is 11.0 Å². The molecule has 1 saturated heterocycles. The molecular weight excluding hydrogens is 611 g/mol. The first kappa shape index (κ1) is 32.8. The second-order valence-corrected chi connectivity index (χ2v) is 12.1. The van der Waals surface area contributed by atoms with Crippen LogP contribution in [0.4, 0.5) is 14.9 Å². The van der Waals surface area contributed by atoms with Gasteiger partial charge in [0.25, 0.3) is 0 Å². The molecule has 48 heavy (non-hydrogen) atoms. The SMILES string of the molecule is COC(=O)N[C@H](C(=O)Nc1cncc(F)c1CC[C@@H]1CN[C@H](c2nc3cc(C)c(C)cc3[nH]2)CO1)C(c1ccccc1)c1ccccc1. The summed E-state index contributed by atoms with van der Waals surface area (Å²) >= 11 is 0. The first-order valence-electron chi connectivity index (χ1n) is 16.0. The summed E-state index contributed by atoms with van der Waals surface area (Å²) in [5, 5.41) is 9.08. The molecule has 1 aliphatic heterocycles. The van der Waals surface area contributed by atoms with E-state index in [-0.39, 0.29) is 17.8 Å². The Balaban J connectivity index is 1.16. The number of aryl methyl sites for hydroxylation is 2. The molecule has 0 spiro atoms. The number of nitrogens with zero attached hydrogens (tertiary/aromatic N) is 2. The minimum Gasteiger partial charge on any atom is -0.453 e. The van der Waals surface area contributed by atoms with Crippen LogP contribution < -0.4 is 16.0 Å². The first-order chi connectivity index (χ1) is 23.3. The van der Waals surface area contributed by atoms with Crippen LogP contribution in [0, 0.1) is 19.7 Å². The molecule has 0 radical (unpaired) electrons. The van der Waals surface area contributed by atoms with Crippen LogP contribution in [0.3, 0.4) is 0 Å². The van der Waals surface area contributed by atoms with Crippen molar-refractivity contribution >= 4 is 28.7 Å². The van der Waals surface area contributed by atoms with Crippen molar-refractivity contribution in [2.24, 2.45) is 0 Å². The second kappa shape index (κ2) is 14.7. The number of rotatable bonds is 10. The van der Waals surface area contributed by atoms with E-state index < -0.39 is 29.8 Å². The highest BCUT2D eigenvalue weighted by Gasteiger charge is 2.34. The van der Waals surface area contributed by atoms with E-state index in [0.29, 0.717) is 31.6 Å². The number of pyridine rings is 1. The number of benzene rings is 3. The summed E-state index contributed by atoms with van der Waals surface area (Å²) in [7, 11) is 1.24. The Morgan fingerprint density at radius 3 is 2.35 bits per heavy atom. The molecule has 3 atom stereocenters. The molecule has 10 nitrogen and oxygen atoms in total. The van der Waals surface area contributed by atoms with Gasteiger partial charge in [0.2, 0.25) is 5.91 Å². The molecule has 0 bridgehead atoms. The summed E-state index contributed by atoms with van der Waals surface area (Å²) in [5.74, 6) is -0.826. The van der Waals surface area contributed by atoms with Crippen LogP contribution >= 0.6 is 0 Å². The largest absolute Gasteiger partial charge is 0.453 e. The highest BCUT2D eigenvalue weighted by atomic mass is 19.1. The van der Waals surface area contributed by atoms with Crippen molar-refractivity contribution in [1.29, 1.82) is 0 Å². The maximum atomic E-state index is 15.3. The van der Waals surface area contributed by atoms with Crippen molar-refractivity contribution in [2.75, 3.05) is 25.6 Å². The Hall–Kier alpha value is -5.13. The highest BCUT2D eigenvalue weighted by Crippen LogP contribution is 2.30. The number of fused-ring (bicyclic) bond motifs is 1. The number of alkyl carbamates (subject to hydrolysis) is 1. The van der Waals surface area contributed by atoms with Crippen LogP contribution in [-0.4, -0.2) is 59.4 Å². The molecule has 248 valence electrons. The van der Waals surface area contributed by atoms with Crippen LogP contribution in [0.2, 0.25) is 0 Å². The average Bonchev–Trinajstić information content (AvgIpc) is 3.51. The molecule has 1 aliphatic rings. The van der Waals surface area contributed by atoms with Gasteiger partial charge in [-0.25, -0.2) is 14.2 Å². The molecule has 0 unspecified atom stereocenters. The number of aromatic nitrogens is 3. The number of aromatic amines is 1. The number of hydrogen-bond acceptors (Lipinski definition) is 7. The van der Waals surface area contributed by atoms with E-state index in [9.17, 15) is 9.59 Å². The van der Waals surface area contributed by atoms with E-state index in [1.165, 1.54) is 24.4 Å². The summed E-state index contributed by atoms with van der Waals surface area (Å²) in [4.78, 5) is 38.7. The number of nitrogens with one attached hydrogen (secondary N) is 4. The maximum absolute atomic E-state index is 15.3. The van der Waals surface area contributed by atoms with E-state index >= 15 is 4.39 Å². The average molecular weight is 651 g/mol. The molecule has 3 aromatic carbocycles. The lowest BCUT2D eigenvalue weighted by Crippen LogP contribution is -2.48. The van der Waals surface area contributed by atoms with Gasteiger partial charge in [-0.2, -0.15) is 0 Å². The van der Waals surface area contributed by atoms with E-state index in [2.05, 4.69) is 51.9 Å². The van der Waals surface area contributed by atoms with Crippen molar-refractivity contribution in [3.8, 4) is 0 Å². The number of imidazole rings is 1. The van der Waals surface area contributed by atoms with Crippen LogP contribution in [0.5, 0.6) is 0 Å². The second-order valence-electron chi connectivity index (χ2n) is 12.1. The number of carbonyl (C=O) groups excluding carboxylic acids is 2. The number of halogens is 1. The fraction of sp³-hybridized carbons (Fsp3) is 0.297. The normalized spacial score (nSPS) is 16.9. The van der Waals surface area contributed by atoms with Crippen molar-refractivity contribution < 1.29 is 23.5 Å². The topological polar surface area (TPSA) is 130 Å². The molecule has 0 saturated carbocycles. The lowest BCUT2D eigenvalue weighted by molar-refractivity contribution is -0.118. The smallest absolute Gasteiger partial charge is 0.407 e. The van der Waals surface area contributed by atoms with Crippen LogP contribution in [0.15, 0.2) is 85.2 Å². The number of methoxy groups -OCH3 is 1. The van der Waals surface area contributed by atoms with Gasteiger partial charge >= 0.3 is 6.09 Å². The lowest BCUT2D eigenvalue weighted by Gasteiger charge is -2.30. The van der Waals surface area contributed by atoms with Crippen molar-refractivity contribution in [2.45, 2.75) is 50.8 Å². The number of H-pyrrole nitrogens is 1. The fourth-order valence-corrected chi connectivity index (χ4v) is 6.16. The number of anilines is 1. The van der Waals surface area contributed by atoms with Gasteiger partial charge in [0, 0.05) is 18.0 Å². The molecule has 2 aromatic heterocycles. The van der Waals surface area contributed by atoms with E-state index in [0.717, 1.165) is 34.2 Å². The molecule has 2 amide bonds. The van der Waals surface area contributed by atoms with Crippen molar-refractivity contribution in [3.63, 3.8) is 0 Å². The predicted molar refractivity (Wildman–Crippen MR) is 181 cm³/mol. The van der Waals surface area contributed by atoms with Gasteiger partial charge in [-0.15, -0.1) is 0 Å². The lowest BCUT2D eigenvalue weighted by atomic mass is 9.84. The Kier molecular flexibility index (Phi) is 10.1. The third-order valence-electron chi connectivity index (χ3n) is 8.91. The monoisotopic (exact) mass is 650 g/mol. The van der Waals surface area contributed by atoms with Crippen LogP contribution in [0.1, 0.15) is 52.0 Å². The predicted octanol–water partition coefficient (Wildman–Crippen LogP) is 5.87. The zero-order valence-electron chi connectivity index (χ0n) is 27.1. The summed E-state index contributed by atoms with van der Waals surface area (Å²) in [6.45, 7) is 5.11. The zero-order chi connectivity index (χ0) is 33.6. The van der Waals surface area contributed by atoms with Gasteiger partial charge in [-0.05, 0) is 61.1 Å². The number of ether oxygens (including phenoxy) is 2. The summed E-state index contributed by atoms with van der Waals surface area (Å²) < 4.78 is 26.3. The van der Waals surface area contributed by atoms with Gasteiger partial charge in [0.05, 0.1) is 55.0 Å². The molecule has 5 aromatic rings. The maximum Gasteiger partial charge on any atom is 0.407 e. The van der Waals surface area contributed by atoms with Gasteiger partial charge in [-0.3, -0.25) is 9.78 Å². The Labute approximate surface area is 278 Å². The highest BCUT2D eigenvalue weighted by molar-refractivity contribution is 5.98. The number of morpholine rings is 1. The Morgan fingerprint density at radius 1 is 1.02 bits per heavy atom. The number of hydrogen-bond donors (Lipinski definition) is 4.